The standard InChI is InChI=1S/C24H20N2O6/c1-30-16-12-10-15(11-13-16)23(28)26-25-21(27)14-31-24(29)22-17-6-2-4-8-19(17)32-20-9-5-3-7-18(20)22/h2-13,22H,14H2,1H3,(H,25,27)(H,26,28). The third-order valence-electron chi connectivity index (χ3n) is 4.93. The van der Waals surface area contributed by atoms with E-state index in [1.165, 1.54) is 7.11 Å². The Morgan fingerprint density at radius 2 is 1.44 bits per heavy atom. The van der Waals surface area contributed by atoms with E-state index in [0.29, 0.717) is 33.9 Å². The third-order valence-corrected chi connectivity index (χ3v) is 4.93. The molecule has 1 heterocycles. The van der Waals surface area contributed by atoms with E-state index in [1.54, 1.807) is 60.7 Å². The van der Waals surface area contributed by atoms with Crippen LogP contribution in [0.4, 0.5) is 0 Å². The number of rotatable bonds is 5. The molecule has 1 aliphatic rings. The highest BCUT2D eigenvalue weighted by Gasteiger charge is 2.33. The van der Waals surface area contributed by atoms with Crippen molar-refractivity contribution in [2.45, 2.75) is 5.92 Å². The van der Waals surface area contributed by atoms with Crippen LogP contribution in [-0.2, 0) is 14.3 Å². The lowest BCUT2D eigenvalue weighted by atomic mass is 9.88. The summed E-state index contributed by atoms with van der Waals surface area (Å²) in [5.41, 5.74) is 6.16. The van der Waals surface area contributed by atoms with Gasteiger partial charge in [0, 0.05) is 16.7 Å². The molecule has 0 saturated heterocycles. The molecule has 0 aliphatic carbocycles. The lowest BCUT2D eigenvalue weighted by Crippen LogP contribution is -2.43. The Bertz CT molecular complexity index is 1110. The largest absolute Gasteiger partial charge is 0.497 e. The number of carbonyl (C=O) groups excluding carboxylic acids is 3. The average molecular weight is 432 g/mol. The van der Waals surface area contributed by atoms with E-state index in [9.17, 15) is 14.4 Å². The van der Waals surface area contributed by atoms with Crippen molar-refractivity contribution < 1.29 is 28.6 Å². The second kappa shape index (κ2) is 9.22. The van der Waals surface area contributed by atoms with Gasteiger partial charge in [0.25, 0.3) is 11.8 Å². The number of carbonyl (C=O) groups is 3. The summed E-state index contributed by atoms with van der Waals surface area (Å²) in [4.78, 5) is 37.1. The maximum absolute atomic E-state index is 12.9. The number of benzene rings is 3. The summed E-state index contributed by atoms with van der Waals surface area (Å²) in [7, 11) is 1.52. The highest BCUT2D eigenvalue weighted by atomic mass is 16.5. The summed E-state index contributed by atoms with van der Waals surface area (Å²) in [5, 5.41) is 0. The van der Waals surface area contributed by atoms with Crippen molar-refractivity contribution in [3.05, 3.63) is 89.5 Å². The van der Waals surface area contributed by atoms with Gasteiger partial charge in [-0.2, -0.15) is 0 Å². The van der Waals surface area contributed by atoms with Crippen molar-refractivity contribution in [3.8, 4) is 17.2 Å². The number of methoxy groups -OCH3 is 1. The van der Waals surface area contributed by atoms with Gasteiger partial charge in [0.1, 0.15) is 23.2 Å². The molecule has 4 rings (SSSR count). The van der Waals surface area contributed by atoms with Crippen molar-refractivity contribution in [2.24, 2.45) is 0 Å². The Morgan fingerprint density at radius 3 is 2.03 bits per heavy atom. The van der Waals surface area contributed by atoms with Gasteiger partial charge in [-0.3, -0.25) is 25.2 Å². The van der Waals surface area contributed by atoms with Crippen LogP contribution in [-0.4, -0.2) is 31.5 Å². The van der Waals surface area contributed by atoms with E-state index >= 15 is 0 Å². The molecule has 0 bridgehead atoms. The van der Waals surface area contributed by atoms with Crippen LogP contribution in [0.5, 0.6) is 17.2 Å². The fourth-order valence-corrected chi connectivity index (χ4v) is 3.36. The summed E-state index contributed by atoms with van der Waals surface area (Å²) >= 11 is 0. The summed E-state index contributed by atoms with van der Waals surface area (Å²) in [6, 6.07) is 20.7. The lowest BCUT2D eigenvalue weighted by Gasteiger charge is -2.26. The smallest absolute Gasteiger partial charge is 0.318 e. The van der Waals surface area contributed by atoms with Crippen LogP contribution in [0.1, 0.15) is 27.4 Å². The SMILES string of the molecule is COc1ccc(C(=O)NNC(=O)COC(=O)C2c3ccccc3Oc3ccccc32)cc1. The fraction of sp³-hybridized carbons (Fsp3) is 0.125. The molecule has 0 atom stereocenters. The predicted molar refractivity (Wildman–Crippen MR) is 114 cm³/mol. The first-order valence-corrected chi connectivity index (χ1v) is 9.82. The Hall–Kier alpha value is -4.33. The molecule has 0 spiro atoms. The number of hydrogen-bond donors (Lipinski definition) is 2. The van der Waals surface area contributed by atoms with Crippen LogP contribution in [0, 0.1) is 0 Å². The molecule has 162 valence electrons. The van der Waals surface area contributed by atoms with Crippen molar-refractivity contribution in [1.82, 2.24) is 10.9 Å². The average Bonchev–Trinajstić information content (AvgIpc) is 2.84. The topological polar surface area (TPSA) is 103 Å². The van der Waals surface area contributed by atoms with Crippen LogP contribution < -0.4 is 20.3 Å². The van der Waals surface area contributed by atoms with Gasteiger partial charge in [-0.1, -0.05) is 36.4 Å². The Balaban J connectivity index is 1.36. The Morgan fingerprint density at radius 1 is 0.844 bits per heavy atom. The number of fused-ring (bicyclic) bond motifs is 2. The maximum Gasteiger partial charge on any atom is 0.318 e. The van der Waals surface area contributed by atoms with Crippen molar-refractivity contribution in [3.63, 3.8) is 0 Å². The van der Waals surface area contributed by atoms with Crippen LogP contribution >= 0.6 is 0 Å². The zero-order valence-corrected chi connectivity index (χ0v) is 17.2. The first-order chi connectivity index (χ1) is 15.6. The maximum atomic E-state index is 12.9. The van der Waals surface area contributed by atoms with Crippen LogP contribution in [0.25, 0.3) is 0 Å². The van der Waals surface area contributed by atoms with Gasteiger partial charge in [-0.05, 0) is 36.4 Å². The zero-order valence-electron chi connectivity index (χ0n) is 17.2. The summed E-state index contributed by atoms with van der Waals surface area (Å²) < 4.78 is 16.2. The molecule has 32 heavy (non-hydrogen) atoms. The molecule has 2 amide bonds. The number of nitrogens with one attached hydrogen (secondary N) is 2. The zero-order chi connectivity index (χ0) is 22.5. The van der Waals surface area contributed by atoms with Crippen LogP contribution in [0.3, 0.4) is 0 Å². The van der Waals surface area contributed by atoms with Gasteiger partial charge in [0.2, 0.25) is 0 Å². The van der Waals surface area contributed by atoms with E-state index in [-0.39, 0.29) is 0 Å². The van der Waals surface area contributed by atoms with Crippen LogP contribution in [0.2, 0.25) is 0 Å². The van der Waals surface area contributed by atoms with Gasteiger partial charge in [0.05, 0.1) is 7.11 Å². The number of esters is 1. The molecule has 8 heteroatoms. The fourth-order valence-electron chi connectivity index (χ4n) is 3.36. The second-order valence-electron chi connectivity index (χ2n) is 6.95. The summed E-state index contributed by atoms with van der Waals surface area (Å²) in [5.74, 6) is -0.779. The molecule has 0 fully saturated rings. The molecular weight excluding hydrogens is 412 g/mol. The minimum Gasteiger partial charge on any atom is -0.497 e. The molecule has 1 aliphatic heterocycles. The molecular formula is C24H20N2O6. The number of hydrogen-bond acceptors (Lipinski definition) is 6. The van der Waals surface area contributed by atoms with E-state index < -0.39 is 30.3 Å². The first kappa shape index (κ1) is 20.9. The van der Waals surface area contributed by atoms with Crippen molar-refractivity contribution >= 4 is 17.8 Å². The van der Waals surface area contributed by atoms with Crippen LogP contribution in [0.15, 0.2) is 72.8 Å². The first-order valence-electron chi connectivity index (χ1n) is 9.82. The summed E-state index contributed by atoms with van der Waals surface area (Å²) in [6.45, 7) is -0.552. The van der Waals surface area contributed by atoms with Gasteiger partial charge in [-0.15, -0.1) is 0 Å². The minimum atomic E-state index is -0.724. The van der Waals surface area contributed by atoms with Crippen molar-refractivity contribution in [2.75, 3.05) is 13.7 Å². The van der Waals surface area contributed by atoms with Gasteiger partial charge < -0.3 is 14.2 Å². The van der Waals surface area contributed by atoms with Gasteiger partial charge in [-0.25, -0.2) is 0 Å². The van der Waals surface area contributed by atoms with Crippen molar-refractivity contribution in [1.29, 1.82) is 0 Å². The number of hydrazine groups is 1. The van der Waals surface area contributed by atoms with Gasteiger partial charge in [0.15, 0.2) is 6.61 Å². The monoisotopic (exact) mass is 432 g/mol. The normalized spacial score (nSPS) is 11.9. The lowest BCUT2D eigenvalue weighted by molar-refractivity contribution is -0.149. The minimum absolute atomic E-state index is 0.332. The molecule has 3 aromatic rings. The van der Waals surface area contributed by atoms with E-state index in [4.69, 9.17) is 14.2 Å². The second-order valence-corrected chi connectivity index (χ2v) is 6.95. The summed E-state index contributed by atoms with van der Waals surface area (Å²) in [6.07, 6.45) is 0. The number of para-hydroxylation sites is 2. The Labute approximate surface area is 184 Å². The predicted octanol–water partition coefficient (Wildman–Crippen LogP) is 2.94. The molecule has 2 N–H and O–H groups in total. The van der Waals surface area contributed by atoms with E-state index in [2.05, 4.69) is 10.9 Å². The molecule has 0 unspecified atom stereocenters. The number of amides is 2. The molecule has 0 radical (unpaired) electrons. The number of ether oxygens (including phenoxy) is 3. The Kier molecular flexibility index (Phi) is 6.03. The quantitative estimate of drug-likeness (QED) is 0.475. The van der Waals surface area contributed by atoms with E-state index in [0.717, 1.165) is 0 Å². The highest BCUT2D eigenvalue weighted by Crippen LogP contribution is 2.44. The van der Waals surface area contributed by atoms with Gasteiger partial charge >= 0.3 is 5.97 Å². The third kappa shape index (κ3) is 4.39. The molecule has 0 saturated carbocycles. The molecule has 8 nitrogen and oxygen atoms in total. The highest BCUT2D eigenvalue weighted by molar-refractivity contribution is 5.95. The van der Waals surface area contributed by atoms with E-state index in [1.807, 2.05) is 12.1 Å². The molecule has 3 aromatic carbocycles. The molecule has 0 aromatic heterocycles.